The van der Waals surface area contributed by atoms with Crippen LogP contribution < -0.4 is 4.31 Å². The molecule has 0 unspecified atom stereocenters. The van der Waals surface area contributed by atoms with Crippen molar-refractivity contribution in [2.75, 3.05) is 17.5 Å². The fourth-order valence-corrected chi connectivity index (χ4v) is 4.32. The monoisotopic (exact) mass is 415 g/mol. The number of hydrogen-bond donors (Lipinski definition) is 0. The van der Waals surface area contributed by atoms with Gasteiger partial charge in [0.1, 0.15) is 0 Å². The second kappa shape index (κ2) is 9.43. The van der Waals surface area contributed by atoms with E-state index in [0.29, 0.717) is 12.7 Å². The molecule has 2 rings (SSSR count). The summed E-state index contributed by atoms with van der Waals surface area (Å²) in [5.41, 5.74) is 0.284. The van der Waals surface area contributed by atoms with Crippen molar-refractivity contribution in [1.82, 2.24) is 0 Å². The van der Waals surface area contributed by atoms with Crippen molar-refractivity contribution in [3.8, 4) is 0 Å². The number of unbranched alkanes of at least 4 members (excludes halogenated alkanes) is 1. The SMILES string of the molecule is CCCCOC[C@H](C)N(c1ccc(F)c(F)c1F)S(=O)(=O)c1ccc(C)cc1. The summed E-state index contributed by atoms with van der Waals surface area (Å²) in [6.45, 7) is 5.70. The van der Waals surface area contributed by atoms with Gasteiger partial charge in [-0.25, -0.2) is 21.6 Å². The number of aryl methyl sites for hydroxylation is 1. The van der Waals surface area contributed by atoms with Gasteiger partial charge in [0.15, 0.2) is 17.5 Å². The van der Waals surface area contributed by atoms with Gasteiger partial charge in [-0.3, -0.25) is 4.31 Å². The van der Waals surface area contributed by atoms with E-state index in [0.717, 1.165) is 28.8 Å². The molecule has 28 heavy (non-hydrogen) atoms. The Bertz CT molecular complexity index is 902. The van der Waals surface area contributed by atoms with Crippen LogP contribution in [0.25, 0.3) is 0 Å². The molecule has 0 fully saturated rings. The number of nitrogens with zero attached hydrogens (tertiary/aromatic N) is 1. The minimum atomic E-state index is -4.24. The molecule has 0 saturated heterocycles. The van der Waals surface area contributed by atoms with Gasteiger partial charge in [-0.05, 0) is 44.5 Å². The van der Waals surface area contributed by atoms with Crippen molar-refractivity contribution >= 4 is 15.7 Å². The van der Waals surface area contributed by atoms with Gasteiger partial charge in [-0.1, -0.05) is 31.0 Å². The third kappa shape index (κ3) is 4.86. The van der Waals surface area contributed by atoms with E-state index in [1.807, 2.05) is 6.92 Å². The molecule has 0 aliphatic carbocycles. The molecule has 0 spiro atoms. The summed E-state index contributed by atoms with van der Waals surface area (Å²) in [4.78, 5) is -0.0809. The molecule has 4 nitrogen and oxygen atoms in total. The lowest BCUT2D eigenvalue weighted by Gasteiger charge is -2.31. The molecular formula is C20H24F3NO3S. The Hall–Kier alpha value is -2.06. The van der Waals surface area contributed by atoms with Crippen LogP contribution in [-0.2, 0) is 14.8 Å². The molecule has 0 amide bonds. The van der Waals surface area contributed by atoms with Crippen molar-refractivity contribution in [3.05, 3.63) is 59.4 Å². The Labute approximate surface area is 164 Å². The van der Waals surface area contributed by atoms with Gasteiger partial charge in [0.25, 0.3) is 10.0 Å². The van der Waals surface area contributed by atoms with Crippen LogP contribution in [0.5, 0.6) is 0 Å². The molecule has 2 aromatic rings. The number of halogens is 3. The van der Waals surface area contributed by atoms with Crippen molar-refractivity contribution in [2.24, 2.45) is 0 Å². The molecule has 0 aliphatic rings. The van der Waals surface area contributed by atoms with Crippen LogP contribution >= 0.6 is 0 Å². The Morgan fingerprint density at radius 1 is 1.04 bits per heavy atom. The van der Waals surface area contributed by atoms with E-state index in [1.165, 1.54) is 19.1 Å². The summed E-state index contributed by atoms with van der Waals surface area (Å²) < 4.78 is 74.3. The maximum absolute atomic E-state index is 14.5. The zero-order chi connectivity index (χ0) is 20.9. The summed E-state index contributed by atoms with van der Waals surface area (Å²) in [6.07, 6.45) is 1.69. The van der Waals surface area contributed by atoms with Crippen LogP contribution in [0.15, 0.2) is 41.3 Å². The highest BCUT2D eigenvalue weighted by Gasteiger charge is 2.33. The van der Waals surface area contributed by atoms with E-state index in [2.05, 4.69) is 0 Å². The number of rotatable bonds is 9. The predicted octanol–water partition coefficient (Wildman–Crippen LogP) is 4.81. The number of hydrogen-bond acceptors (Lipinski definition) is 3. The quantitative estimate of drug-likeness (QED) is 0.436. The van der Waals surface area contributed by atoms with E-state index < -0.39 is 39.2 Å². The maximum atomic E-state index is 14.5. The van der Waals surface area contributed by atoms with Crippen LogP contribution in [0.4, 0.5) is 18.9 Å². The first kappa shape index (κ1) is 22.2. The minimum absolute atomic E-state index is 0.0243. The van der Waals surface area contributed by atoms with Crippen LogP contribution in [0.2, 0.25) is 0 Å². The van der Waals surface area contributed by atoms with Crippen LogP contribution in [-0.4, -0.2) is 27.7 Å². The summed E-state index contributed by atoms with van der Waals surface area (Å²) >= 11 is 0. The predicted molar refractivity (Wildman–Crippen MR) is 102 cm³/mol. The highest BCUT2D eigenvalue weighted by molar-refractivity contribution is 7.92. The van der Waals surface area contributed by atoms with E-state index in [-0.39, 0.29) is 11.5 Å². The van der Waals surface area contributed by atoms with Crippen molar-refractivity contribution in [2.45, 2.75) is 44.6 Å². The maximum Gasteiger partial charge on any atom is 0.264 e. The van der Waals surface area contributed by atoms with Gasteiger partial charge in [0.05, 0.1) is 23.2 Å². The van der Waals surface area contributed by atoms with Gasteiger partial charge in [0, 0.05) is 6.61 Å². The van der Waals surface area contributed by atoms with Crippen molar-refractivity contribution in [1.29, 1.82) is 0 Å². The first-order valence-corrected chi connectivity index (χ1v) is 10.5. The zero-order valence-electron chi connectivity index (χ0n) is 16.1. The normalized spacial score (nSPS) is 12.8. The van der Waals surface area contributed by atoms with E-state index in [1.54, 1.807) is 19.1 Å². The second-order valence-corrected chi connectivity index (χ2v) is 8.40. The summed E-state index contributed by atoms with van der Waals surface area (Å²) in [6, 6.07) is 6.77. The lowest BCUT2D eigenvalue weighted by molar-refractivity contribution is 0.122. The summed E-state index contributed by atoms with van der Waals surface area (Å²) in [7, 11) is -4.24. The lowest BCUT2D eigenvalue weighted by Crippen LogP contribution is -2.42. The summed E-state index contributed by atoms with van der Waals surface area (Å²) in [5.74, 6) is -4.67. The van der Waals surface area contributed by atoms with Gasteiger partial charge in [-0.2, -0.15) is 0 Å². The molecule has 154 valence electrons. The molecule has 0 aromatic heterocycles. The Balaban J connectivity index is 2.50. The average molecular weight is 415 g/mol. The fraction of sp³-hybridized carbons (Fsp3) is 0.400. The highest BCUT2D eigenvalue weighted by atomic mass is 32.2. The van der Waals surface area contributed by atoms with Gasteiger partial charge in [-0.15, -0.1) is 0 Å². The molecule has 2 aromatic carbocycles. The number of anilines is 1. The van der Waals surface area contributed by atoms with E-state index in [9.17, 15) is 21.6 Å². The minimum Gasteiger partial charge on any atom is -0.379 e. The molecular weight excluding hydrogens is 391 g/mol. The first-order chi connectivity index (χ1) is 13.2. The lowest BCUT2D eigenvalue weighted by atomic mass is 10.2. The molecule has 0 heterocycles. The van der Waals surface area contributed by atoms with Crippen molar-refractivity contribution < 1.29 is 26.3 Å². The summed E-state index contributed by atoms with van der Waals surface area (Å²) in [5, 5.41) is 0. The smallest absolute Gasteiger partial charge is 0.264 e. The molecule has 0 N–H and O–H groups in total. The van der Waals surface area contributed by atoms with Crippen LogP contribution in [0.1, 0.15) is 32.3 Å². The Kier molecular flexibility index (Phi) is 7.48. The third-order valence-corrected chi connectivity index (χ3v) is 6.17. The Morgan fingerprint density at radius 2 is 1.68 bits per heavy atom. The van der Waals surface area contributed by atoms with Gasteiger partial charge >= 0.3 is 0 Å². The molecule has 0 aliphatic heterocycles. The largest absolute Gasteiger partial charge is 0.379 e. The van der Waals surface area contributed by atoms with Gasteiger partial charge in [0.2, 0.25) is 0 Å². The van der Waals surface area contributed by atoms with Crippen LogP contribution in [0, 0.1) is 24.4 Å². The molecule has 8 heteroatoms. The van der Waals surface area contributed by atoms with E-state index >= 15 is 0 Å². The number of sulfonamides is 1. The zero-order valence-corrected chi connectivity index (χ0v) is 16.9. The molecule has 0 radical (unpaired) electrons. The Morgan fingerprint density at radius 3 is 2.29 bits per heavy atom. The first-order valence-electron chi connectivity index (χ1n) is 9.02. The topological polar surface area (TPSA) is 46.6 Å². The molecule has 1 atom stereocenters. The van der Waals surface area contributed by atoms with E-state index in [4.69, 9.17) is 4.74 Å². The number of benzene rings is 2. The average Bonchev–Trinajstić information content (AvgIpc) is 2.65. The fourth-order valence-electron chi connectivity index (χ4n) is 2.68. The highest BCUT2D eigenvalue weighted by Crippen LogP contribution is 2.31. The second-order valence-electron chi connectivity index (χ2n) is 6.59. The van der Waals surface area contributed by atoms with Gasteiger partial charge < -0.3 is 4.74 Å². The van der Waals surface area contributed by atoms with Crippen molar-refractivity contribution in [3.63, 3.8) is 0 Å². The molecule has 0 bridgehead atoms. The molecule has 0 saturated carbocycles. The van der Waals surface area contributed by atoms with Crippen LogP contribution in [0.3, 0.4) is 0 Å². The third-order valence-electron chi connectivity index (χ3n) is 4.23. The number of ether oxygens (including phenoxy) is 1. The standard InChI is InChI=1S/C20H24F3NO3S/c1-4-5-12-27-13-15(3)24(18-11-10-17(21)19(22)20(18)23)28(25,26)16-8-6-14(2)7-9-16/h6-11,15H,4-5,12-13H2,1-3H3/t15-/m0/s1.